The Kier molecular flexibility index (Phi) is 6.41. The van der Waals surface area contributed by atoms with Crippen molar-refractivity contribution in [3.63, 3.8) is 0 Å². The van der Waals surface area contributed by atoms with Gasteiger partial charge >= 0.3 is 0 Å². The van der Waals surface area contributed by atoms with Crippen LogP contribution < -0.4 is 19.7 Å². The summed E-state index contributed by atoms with van der Waals surface area (Å²) in [7, 11) is -1.99. The Hall–Kier alpha value is -3.11. The fourth-order valence-corrected chi connectivity index (χ4v) is 6.04. The second-order valence-electron chi connectivity index (χ2n) is 9.09. The normalized spacial score (nSPS) is 20.7. The number of pyridine rings is 1. The molecular formula is C25H29N5O3S2. The van der Waals surface area contributed by atoms with Crippen molar-refractivity contribution < 1.29 is 13.2 Å². The number of nitrogens with zero attached hydrogens (tertiary/aromatic N) is 3. The largest absolute Gasteiger partial charge is 0.495 e. The van der Waals surface area contributed by atoms with E-state index in [2.05, 4.69) is 38.1 Å². The molecule has 1 aliphatic heterocycles. The molecule has 3 heterocycles. The maximum absolute atomic E-state index is 12.0. The summed E-state index contributed by atoms with van der Waals surface area (Å²) in [4.78, 5) is 6.65. The Morgan fingerprint density at radius 2 is 1.97 bits per heavy atom. The van der Waals surface area contributed by atoms with Gasteiger partial charge in [0.15, 0.2) is 5.11 Å². The van der Waals surface area contributed by atoms with Crippen LogP contribution in [-0.2, 0) is 10.0 Å². The fourth-order valence-electron chi connectivity index (χ4n) is 5.13. The van der Waals surface area contributed by atoms with Gasteiger partial charge in [-0.3, -0.25) is 9.71 Å². The minimum atomic E-state index is -3.50. The Labute approximate surface area is 211 Å². The van der Waals surface area contributed by atoms with Gasteiger partial charge in [0.05, 0.1) is 36.8 Å². The number of aromatic nitrogens is 2. The molecule has 2 N–H and O–H groups in total. The lowest BCUT2D eigenvalue weighted by Gasteiger charge is -2.28. The zero-order chi connectivity index (χ0) is 24.6. The van der Waals surface area contributed by atoms with Gasteiger partial charge in [-0.15, -0.1) is 0 Å². The Morgan fingerprint density at radius 3 is 2.66 bits per heavy atom. The average Bonchev–Trinajstić information content (AvgIpc) is 3.58. The number of anilines is 2. The topological polar surface area (TPSA) is 88.5 Å². The molecule has 1 saturated carbocycles. The molecule has 8 nitrogen and oxygen atoms in total. The highest BCUT2D eigenvalue weighted by Gasteiger charge is 2.41. The van der Waals surface area contributed by atoms with Gasteiger partial charge in [0, 0.05) is 30.3 Å². The third kappa shape index (κ3) is 4.85. The number of methoxy groups -OCH3 is 1. The van der Waals surface area contributed by atoms with E-state index in [1.165, 1.54) is 32.8 Å². The number of hydrogen-bond donors (Lipinski definition) is 2. The van der Waals surface area contributed by atoms with E-state index in [-0.39, 0.29) is 12.1 Å². The predicted molar refractivity (Wildman–Crippen MR) is 141 cm³/mol. The van der Waals surface area contributed by atoms with E-state index in [9.17, 15) is 8.42 Å². The summed E-state index contributed by atoms with van der Waals surface area (Å²) in [6.07, 6.45) is 12.2. The standard InChI is InChI=1S/C25H29N5O3S2/c1-33-22-11-10-19(15-21(22)28-35(2,31)32)30-24(17-12-14-29(16-17)18-7-3-4-8-18)23(27-25(30)34)20-9-5-6-13-26-20/h5-6,9-16,18,23-24,28H,3-4,7-8H2,1-2H3,(H,27,34)/t23-,24-/m1/s1. The molecule has 2 aliphatic rings. The lowest BCUT2D eigenvalue weighted by Crippen LogP contribution is -2.29. The number of benzene rings is 1. The summed E-state index contributed by atoms with van der Waals surface area (Å²) in [6.45, 7) is 0. The highest BCUT2D eigenvalue weighted by molar-refractivity contribution is 7.92. The van der Waals surface area contributed by atoms with Crippen LogP contribution in [0.2, 0.25) is 0 Å². The van der Waals surface area contributed by atoms with Crippen LogP contribution in [0.25, 0.3) is 0 Å². The average molecular weight is 512 g/mol. The quantitative estimate of drug-likeness (QED) is 0.450. The lowest BCUT2D eigenvalue weighted by molar-refractivity contribution is 0.417. The summed E-state index contributed by atoms with van der Waals surface area (Å²) in [6, 6.07) is 13.6. The van der Waals surface area contributed by atoms with E-state index < -0.39 is 10.0 Å². The van der Waals surface area contributed by atoms with E-state index >= 15 is 0 Å². The Morgan fingerprint density at radius 1 is 1.17 bits per heavy atom. The molecule has 5 rings (SSSR count). The fraction of sp³-hybridized carbons (Fsp3) is 0.360. The minimum Gasteiger partial charge on any atom is -0.495 e. The highest BCUT2D eigenvalue weighted by Crippen LogP contribution is 2.44. The monoisotopic (exact) mass is 511 g/mol. The van der Waals surface area contributed by atoms with Gasteiger partial charge in [-0.2, -0.15) is 0 Å². The number of hydrogen-bond acceptors (Lipinski definition) is 5. The number of sulfonamides is 1. The van der Waals surface area contributed by atoms with Crippen molar-refractivity contribution in [3.8, 4) is 5.75 Å². The van der Waals surface area contributed by atoms with Crippen LogP contribution in [0, 0.1) is 0 Å². The van der Waals surface area contributed by atoms with Crippen LogP contribution in [0.3, 0.4) is 0 Å². The van der Waals surface area contributed by atoms with Crippen molar-refractivity contribution in [1.29, 1.82) is 0 Å². The lowest BCUT2D eigenvalue weighted by atomic mass is 9.98. The smallest absolute Gasteiger partial charge is 0.229 e. The highest BCUT2D eigenvalue weighted by atomic mass is 32.2. The molecule has 2 atom stereocenters. The minimum absolute atomic E-state index is 0.167. The van der Waals surface area contributed by atoms with E-state index in [1.807, 2.05) is 29.2 Å². The number of nitrogens with one attached hydrogen (secondary N) is 2. The summed E-state index contributed by atoms with van der Waals surface area (Å²) < 4.78 is 34.2. The van der Waals surface area contributed by atoms with Gasteiger partial charge in [0.2, 0.25) is 10.0 Å². The maximum Gasteiger partial charge on any atom is 0.229 e. The van der Waals surface area contributed by atoms with E-state index in [4.69, 9.17) is 17.0 Å². The van der Waals surface area contributed by atoms with Gasteiger partial charge in [-0.1, -0.05) is 18.9 Å². The van der Waals surface area contributed by atoms with Crippen LogP contribution in [0.4, 0.5) is 11.4 Å². The molecule has 1 aliphatic carbocycles. The van der Waals surface area contributed by atoms with Crippen molar-refractivity contribution in [3.05, 3.63) is 72.3 Å². The number of ether oxygens (including phenoxy) is 1. The Bertz CT molecular complexity index is 1320. The SMILES string of the molecule is COc1ccc(N2C(=S)N[C@H](c3ccccn3)[C@H]2c2ccn(C3CCCC3)c2)cc1NS(C)(=O)=O. The van der Waals surface area contributed by atoms with Crippen LogP contribution in [0.15, 0.2) is 61.1 Å². The summed E-state index contributed by atoms with van der Waals surface area (Å²) in [5.74, 6) is 0.433. The van der Waals surface area contributed by atoms with Crippen molar-refractivity contribution in [2.45, 2.75) is 43.8 Å². The van der Waals surface area contributed by atoms with Crippen molar-refractivity contribution in [1.82, 2.24) is 14.9 Å². The van der Waals surface area contributed by atoms with E-state index in [0.717, 1.165) is 23.2 Å². The van der Waals surface area contributed by atoms with Crippen molar-refractivity contribution in [2.75, 3.05) is 23.0 Å². The molecule has 0 amide bonds. The van der Waals surface area contributed by atoms with Gasteiger partial charge in [0.25, 0.3) is 0 Å². The van der Waals surface area contributed by atoms with E-state index in [1.54, 1.807) is 18.3 Å². The number of thiocarbonyl (C=S) groups is 1. The third-order valence-corrected chi connectivity index (χ3v) is 7.59. The summed E-state index contributed by atoms with van der Waals surface area (Å²) in [5.41, 5.74) is 3.12. The molecule has 2 aromatic heterocycles. The molecule has 0 bridgehead atoms. The molecule has 1 aromatic carbocycles. The molecular weight excluding hydrogens is 482 g/mol. The van der Waals surface area contributed by atoms with E-state index in [0.29, 0.717) is 22.6 Å². The first-order chi connectivity index (χ1) is 16.8. The second kappa shape index (κ2) is 9.50. The number of rotatable bonds is 7. The van der Waals surface area contributed by atoms with Crippen LogP contribution in [-0.4, -0.2) is 36.4 Å². The van der Waals surface area contributed by atoms with Crippen molar-refractivity contribution >= 4 is 38.7 Å². The molecule has 0 spiro atoms. The van der Waals surface area contributed by atoms with Gasteiger partial charge in [-0.05, 0) is 67.0 Å². The van der Waals surface area contributed by atoms with Gasteiger partial charge in [0.1, 0.15) is 5.75 Å². The van der Waals surface area contributed by atoms with Crippen LogP contribution in [0.5, 0.6) is 5.75 Å². The molecule has 35 heavy (non-hydrogen) atoms. The summed E-state index contributed by atoms with van der Waals surface area (Å²) >= 11 is 5.82. The van der Waals surface area contributed by atoms with Crippen molar-refractivity contribution in [2.24, 2.45) is 0 Å². The second-order valence-corrected chi connectivity index (χ2v) is 11.2. The third-order valence-electron chi connectivity index (χ3n) is 6.68. The first-order valence-electron chi connectivity index (χ1n) is 11.7. The molecule has 10 heteroatoms. The molecule has 0 unspecified atom stereocenters. The Balaban J connectivity index is 1.58. The first-order valence-corrected chi connectivity index (χ1v) is 14.0. The van der Waals surface area contributed by atoms with Gasteiger partial charge in [-0.25, -0.2) is 8.42 Å². The van der Waals surface area contributed by atoms with Crippen LogP contribution >= 0.6 is 12.2 Å². The van der Waals surface area contributed by atoms with Gasteiger partial charge < -0.3 is 19.5 Å². The zero-order valence-corrected chi connectivity index (χ0v) is 21.3. The molecule has 2 fully saturated rings. The molecule has 3 aromatic rings. The maximum atomic E-state index is 12.0. The molecule has 0 radical (unpaired) electrons. The predicted octanol–water partition coefficient (Wildman–Crippen LogP) is 4.56. The zero-order valence-electron chi connectivity index (χ0n) is 19.7. The van der Waals surface area contributed by atoms with Crippen LogP contribution in [0.1, 0.15) is 55.1 Å². The first kappa shape index (κ1) is 23.6. The summed E-state index contributed by atoms with van der Waals surface area (Å²) in [5, 5.41) is 4.01. The molecule has 184 valence electrons. The molecule has 1 saturated heterocycles.